The molecule has 0 spiro atoms. The topological polar surface area (TPSA) is 7.76 Å². The molecule has 0 fully saturated rings. The van der Waals surface area contributed by atoms with Gasteiger partial charge in [0.15, 0.2) is 24.8 Å². The van der Waals surface area contributed by atoms with E-state index in [4.69, 9.17) is 0 Å². The molecule has 0 unspecified atom stereocenters. The smallest absolute Gasteiger partial charge is 0.171 e. The number of fused-ring (bicyclic) bond motifs is 4. The summed E-state index contributed by atoms with van der Waals surface area (Å²) in [6.45, 7) is 2.25. The van der Waals surface area contributed by atoms with Gasteiger partial charge in [0.05, 0.1) is 0 Å². The van der Waals surface area contributed by atoms with Crippen molar-refractivity contribution in [2.24, 2.45) is 0 Å². The standard InChI is InChI=1S/C26H36N2/c1-3-7-11-19-27-21-14-18-26(24-27)16-10-6-2-4-8-12-20-28-22-13-17-25(23-28)15-9-5-1/h1-2,5-6,13-14,17-18,21-24H,3-4,7-12,15-16,19-20H2/q+2/b5-1+,6-2+. The first kappa shape index (κ1) is 20.5. The van der Waals surface area contributed by atoms with E-state index in [-0.39, 0.29) is 0 Å². The molecule has 4 bridgehead atoms. The average Bonchev–Trinajstić information content (AvgIpc) is 2.72. The third-order valence-electron chi connectivity index (χ3n) is 5.45. The molecule has 28 heavy (non-hydrogen) atoms. The zero-order valence-electron chi connectivity index (χ0n) is 17.3. The van der Waals surface area contributed by atoms with E-state index in [1.54, 1.807) is 0 Å². The van der Waals surface area contributed by atoms with Crippen molar-refractivity contribution in [1.82, 2.24) is 0 Å². The highest BCUT2D eigenvalue weighted by Gasteiger charge is 2.04. The molecular weight excluding hydrogens is 340 g/mol. The summed E-state index contributed by atoms with van der Waals surface area (Å²) in [5.74, 6) is 0. The maximum absolute atomic E-state index is 2.37. The Balaban J connectivity index is 1.56. The fourth-order valence-electron chi connectivity index (χ4n) is 3.81. The second-order valence-corrected chi connectivity index (χ2v) is 7.91. The molecule has 0 amide bonds. The molecule has 1 aliphatic rings. The minimum Gasteiger partial charge on any atom is -0.205 e. The molecule has 2 heteroatoms. The number of aromatic nitrogens is 2. The van der Waals surface area contributed by atoms with Crippen LogP contribution in [0.1, 0.15) is 62.5 Å². The van der Waals surface area contributed by atoms with Crippen LogP contribution in [0.15, 0.2) is 73.4 Å². The van der Waals surface area contributed by atoms with Gasteiger partial charge >= 0.3 is 0 Å². The van der Waals surface area contributed by atoms with Gasteiger partial charge in [0.25, 0.3) is 0 Å². The van der Waals surface area contributed by atoms with Crippen molar-refractivity contribution in [2.75, 3.05) is 0 Å². The quantitative estimate of drug-likeness (QED) is 0.436. The molecule has 2 aromatic rings. The lowest BCUT2D eigenvalue weighted by Gasteiger charge is -2.01. The van der Waals surface area contributed by atoms with Gasteiger partial charge in [-0.2, -0.15) is 0 Å². The highest BCUT2D eigenvalue weighted by molar-refractivity contribution is 5.07. The molecule has 0 saturated carbocycles. The Morgan fingerprint density at radius 2 is 1.00 bits per heavy atom. The van der Waals surface area contributed by atoms with Crippen molar-refractivity contribution in [2.45, 2.75) is 77.3 Å². The molecule has 0 atom stereocenters. The minimum atomic E-state index is 1.13. The second kappa shape index (κ2) is 12.3. The molecule has 0 radical (unpaired) electrons. The van der Waals surface area contributed by atoms with Crippen LogP contribution in [-0.4, -0.2) is 0 Å². The summed E-state index contributed by atoms with van der Waals surface area (Å²) in [4.78, 5) is 0. The summed E-state index contributed by atoms with van der Waals surface area (Å²) in [7, 11) is 0. The molecule has 2 nitrogen and oxygen atoms in total. The number of hydrogen-bond donors (Lipinski definition) is 0. The van der Waals surface area contributed by atoms with E-state index < -0.39 is 0 Å². The van der Waals surface area contributed by atoms with E-state index in [0.717, 1.165) is 38.8 Å². The normalized spacial score (nSPS) is 19.7. The zero-order valence-corrected chi connectivity index (χ0v) is 17.3. The van der Waals surface area contributed by atoms with Crippen LogP contribution in [0.2, 0.25) is 0 Å². The van der Waals surface area contributed by atoms with Crippen molar-refractivity contribution in [3.05, 3.63) is 84.5 Å². The zero-order chi connectivity index (χ0) is 19.3. The van der Waals surface area contributed by atoms with Crippen molar-refractivity contribution < 1.29 is 9.13 Å². The van der Waals surface area contributed by atoms with Gasteiger partial charge < -0.3 is 0 Å². The van der Waals surface area contributed by atoms with Crippen LogP contribution in [0, 0.1) is 0 Å². The van der Waals surface area contributed by atoms with Crippen LogP contribution in [0.3, 0.4) is 0 Å². The SMILES string of the molecule is C1=C/CCc2ccc[n+](c2)CCCC/C=C/CCc2ccc[n+](c2)CCCC/1. The largest absolute Gasteiger partial charge is 0.205 e. The van der Waals surface area contributed by atoms with Gasteiger partial charge in [-0.3, -0.25) is 0 Å². The van der Waals surface area contributed by atoms with Crippen LogP contribution in [-0.2, 0) is 25.9 Å². The Kier molecular flexibility index (Phi) is 9.00. The lowest BCUT2D eigenvalue weighted by Crippen LogP contribution is -2.33. The van der Waals surface area contributed by atoms with Gasteiger partial charge in [0, 0.05) is 36.1 Å². The summed E-state index contributed by atoms with van der Waals surface area (Å²) in [5, 5.41) is 0. The fourth-order valence-corrected chi connectivity index (χ4v) is 3.81. The van der Waals surface area contributed by atoms with Crippen LogP contribution in [0.5, 0.6) is 0 Å². The average molecular weight is 377 g/mol. The first-order chi connectivity index (χ1) is 13.9. The van der Waals surface area contributed by atoms with Crippen molar-refractivity contribution >= 4 is 0 Å². The molecule has 0 aliphatic carbocycles. The maximum atomic E-state index is 2.37. The third-order valence-corrected chi connectivity index (χ3v) is 5.45. The monoisotopic (exact) mass is 376 g/mol. The predicted octanol–water partition coefficient (Wildman–Crippen LogP) is 5.29. The molecule has 0 N–H and O–H groups in total. The number of pyridine rings is 2. The van der Waals surface area contributed by atoms with Gasteiger partial charge in [-0.1, -0.05) is 24.3 Å². The maximum Gasteiger partial charge on any atom is 0.171 e. The van der Waals surface area contributed by atoms with E-state index in [9.17, 15) is 0 Å². The lowest BCUT2D eigenvalue weighted by atomic mass is 10.1. The Labute approximate surface area is 171 Å². The molecule has 3 heterocycles. The number of hydrogen-bond acceptors (Lipinski definition) is 0. The van der Waals surface area contributed by atoms with Crippen molar-refractivity contribution in [3.8, 4) is 0 Å². The lowest BCUT2D eigenvalue weighted by molar-refractivity contribution is -0.697. The van der Waals surface area contributed by atoms with E-state index in [2.05, 4.69) is 82.5 Å². The highest BCUT2D eigenvalue weighted by Crippen LogP contribution is 2.06. The van der Waals surface area contributed by atoms with Crippen LogP contribution in [0.25, 0.3) is 0 Å². The molecule has 2 aromatic heterocycles. The predicted molar refractivity (Wildman–Crippen MR) is 116 cm³/mol. The fraction of sp³-hybridized carbons (Fsp3) is 0.462. The second-order valence-electron chi connectivity index (χ2n) is 7.91. The minimum absolute atomic E-state index is 1.13. The summed E-state index contributed by atoms with van der Waals surface area (Å²) in [5.41, 5.74) is 2.90. The Morgan fingerprint density at radius 3 is 1.50 bits per heavy atom. The van der Waals surface area contributed by atoms with E-state index in [1.807, 2.05) is 0 Å². The number of rotatable bonds is 0. The number of nitrogens with zero attached hydrogens (tertiary/aromatic N) is 2. The van der Waals surface area contributed by atoms with E-state index >= 15 is 0 Å². The summed E-state index contributed by atoms with van der Waals surface area (Å²) in [6, 6.07) is 8.92. The molecule has 0 saturated heterocycles. The molecule has 148 valence electrons. The van der Waals surface area contributed by atoms with Gasteiger partial charge in [0.2, 0.25) is 0 Å². The Bertz CT molecular complexity index is 695. The number of allylic oxidation sites excluding steroid dienone is 4. The van der Waals surface area contributed by atoms with Crippen LogP contribution < -0.4 is 9.13 Å². The summed E-state index contributed by atoms with van der Waals surface area (Å²) in [6.07, 6.45) is 30.5. The Morgan fingerprint density at radius 1 is 0.536 bits per heavy atom. The molecule has 1 aliphatic heterocycles. The van der Waals surface area contributed by atoms with Crippen molar-refractivity contribution in [3.63, 3.8) is 0 Å². The first-order valence-corrected chi connectivity index (χ1v) is 11.2. The number of aryl methyl sites for hydroxylation is 4. The Hall–Kier alpha value is -2.22. The summed E-state index contributed by atoms with van der Waals surface area (Å²) < 4.78 is 4.72. The van der Waals surface area contributed by atoms with Crippen molar-refractivity contribution in [1.29, 1.82) is 0 Å². The first-order valence-electron chi connectivity index (χ1n) is 11.2. The third kappa shape index (κ3) is 7.80. The van der Waals surface area contributed by atoms with E-state index in [1.165, 1.54) is 49.7 Å². The van der Waals surface area contributed by atoms with Gasteiger partial charge in [-0.05, 0) is 63.5 Å². The molecular formula is C26H36N2+2. The van der Waals surface area contributed by atoms with E-state index in [0.29, 0.717) is 0 Å². The van der Waals surface area contributed by atoms with Gasteiger partial charge in [0.1, 0.15) is 13.1 Å². The van der Waals surface area contributed by atoms with Crippen LogP contribution in [0.4, 0.5) is 0 Å². The highest BCUT2D eigenvalue weighted by atomic mass is 14.9. The summed E-state index contributed by atoms with van der Waals surface area (Å²) >= 11 is 0. The molecule has 3 rings (SSSR count). The van der Waals surface area contributed by atoms with Crippen LogP contribution >= 0.6 is 0 Å². The van der Waals surface area contributed by atoms with Gasteiger partial charge in [-0.25, -0.2) is 9.13 Å². The molecule has 0 aromatic carbocycles. The van der Waals surface area contributed by atoms with Gasteiger partial charge in [-0.15, -0.1) is 0 Å².